The van der Waals surface area contributed by atoms with E-state index < -0.39 is 0 Å². The summed E-state index contributed by atoms with van der Waals surface area (Å²) in [5.41, 5.74) is 3.73. The smallest absolute Gasteiger partial charge is 0.344 e. The van der Waals surface area contributed by atoms with Crippen LogP contribution in [0.2, 0.25) is 0 Å². The summed E-state index contributed by atoms with van der Waals surface area (Å²) >= 11 is 0. The molecule has 3 rings (SSSR count). The zero-order chi connectivity index (χ0) is 15.2. The highest BCUT2D eigenvalue weighted by atomic mass is 16.6. The summed E-state index contributed by atoms with van der Waals surface area (Å²) < 4.78 is 10.7. The summed E-state index contributed by atoms with van der Waals surface area (Å²) in [5.74, 6) is 0.402. The van der Waals surface area contributed by atoms with E-state index in [4.69, 9.17) is 9.47 Å². The van der Waals surface area contributed by atoms with Gasteiger partial charge in [0.15, 0.2) is 6.61 Å². The minimum atomic E-state index is -0.346. The third kappa shape index (κ3) is 3.88. The summed E-state index contributed by atoms with van der Waals surface area (Å²) in [6, 6.07) is 15.7. The van der Waals surface area contributed by atoms with E-state index >= 15 is 0 Å². The molecule has 0 atom stereocenters. The summed E-state index contributed by atoms with van der Waals surface area (Å²) in [6.45, 7) is 0.235. The van der Waals surface area contributed by atoms with Crippen LogP contribution < -0.4 is 4.74 Å². The van der Waals surface area contributed by atoms with Crippen LogP contribution in [-0.2, 0) is 29.0 Å². The van der Waals surface area contributed by atoms with E-state index in [0.717, 1.165) is 24.2 Å². The maximum Gasteiger partial charge on any atom is 0.344 e. The number of rotatable bonds is 5. The van der Waals surface area contributed by atoms with Crippen LogP contribution in [0.5, 0.6) is 5.75 Å². The quantitative estimate of drug-likeness (QED) is 0.789. The number of fused-ring (bicyclic) bond motifs is 1. The maximum atomic E-state index is 11.7. The SMILES string of the molecule is O=C(COc1ccc2c(c1)CCCC2)OCc1ccccc1. The number of aryl methyl sites for hydroxylation is 2. The second kappa shape index (κ2) is 7.12. The molecule has 0 fully saturated rings. The molecule has 114 valence electrons. The largest absolute Gasteiger partial charge is 0.482 e. The van der Waals surface area contributed by atoms with Crippen molar-refractivity contribution in [3.63, 3.8) is 0 Å². The third-order valence-corrected chi connectivity index (χ3v) is 3.92. The van der Waals surface area contributed by atoms with Crippen LogP contribution in [0.25, 0.3) is 0 Å². The summed E-state index contributed by atoms with van der Waals surface area (Å²) in [5, 5.41) is 0. The molecule has 3 heteroatoms. The zero-order valence-electron chi connectivity index (χ0n) is 12.6. The van der Waals surface area contributed by atoms with Crippen LogP contribution in [0.1, 0.15) is 29.5 Å². The Bertz CT molecular complexity index is 634. The van der Waals surface area contributed by atoms with Gasteiger partial charge in [-0.25, -0.2) is 4.79 Å². The molecule has 0 spiro atoms. The summed E-state index contributed by atoms with van der Waals surface area (Å²) in [6.07, 6.45) is 4.74. The molecule has 3 nitrogen and oxygen atoms in total. The number of hydrogen-bond donors (Lipinski definition) is 0. The van der Waals surface area contributed by atoms with Crippen molar-refractivity contribution in [1.82, 2.24) is 0 Å². The molecule has 22 heavy (non-hydrogen) atoms. The number of hydrogen-bond acceptors (Lipinski definition) is 3. The van der Waals surface area contributed by atoms with Gasteiger partial charge in [-0.2, -0.15) is 0 Å². The number of ether oxygens (including phenoxy) is 2. The van der Waals surface area contributed by atoms with Gasteiger partial charge in [-0.3, -0.25) is 0 Å². The lowest BCUT2D eigenvalue weighted by Gasteiger charge is -2.16. The van der Waals surface area contributed by atoms with Crippen molar-refractivity contribution in [3.8, 4) is 5.75 Å². The first-order valence-electron chi connectivity index (χ1n) is 7.75. The molecule has 0 saturated heterocycles. The maximum absolute atomic E-state index is 11.7. The van der Waals surface area contributed by atoms with Gasteiger partial charge >= 0.3 is 5.97 Å². The predicted octanol–water partition coefficient (Wildman–Crippen LogP) is 3.69. The average Bonchev–Trinajstić information content (AvgIpc) is 2.59. The fourth-order valence-corrected chi connectivity index (χ4v) is 2.72. The van der Waals surface area contributed by atoms with E-state index in [1.54, 1.807) is 0 Å². The van der Waals surface area contributed by atoms with Gasteiger partial charge in [-0.05, 0) is 54.5 Å². The van der Waals surface area contributed by atoms with Crippen molar-refractivity contribution >= 4 is 5.97 Å². The molecule has 0 unspecified atom stereocenters. The molecule has 1 aliphatic rings. The van der Waals surface area contributed by atoms with Gasteiger partial charge in [0.05, 0.1) is 0 Å². The summed E-state index contributed by atoms with van der Waals surface area (Å²) in [4.78, 5) is 11.7. The third-order valence-electron chi connectivity index (χ3n) is 3.92. The van der Waals surface area contributed by atoms with Gasteiger partial charge in [0, 0.05) is 0 Å². The number of carbonyl (C=O) groups excluding carboxylic acids is 1. The van der Waals surface area contributed by atoms with Gasteiger partial charge in [0.25, 0.3) is 0 Å². The van der Waals surface area contributed by atoms with E-state index in [1.807, 2.05) is 36.4 Å². The molecule has 2 aromatic rings. The highest BCUT2D eigenvalue weighted by molar-refractivity contribution is 5.71. The monoisotopic (exact) mass is 296 g/mol. The van der Waals surface area contributed by atoms with Gasteiger partial charge < -0.3 is 9.47 Å². The van der Waals surface area contributed by atoms with Crippen LogP contribution in [0.15, 0.2) is 48.5 Å². The first-order valence-corrected chi connectivity index (χ1v) is 7.75. The molecule has 0 radical (unpaired) electrons. The first-order chi connectivity index (χ1) is 10.8. The Morgan fingerprint density at radius 2 is 1.73 bits per heavy atom. The van der Waals surface area contributed by atoms with Crippen molar-refractivity contribution in [2.24, 2.45) is 0 Å². The lowest BCUT2D eigenvalue weighted by atomic mass is 9.92. The zero-order valence-corrected chi connectivity index (χ0v) is 12.6. The Labute approximate surface area is 130 Å². The lowest BCUT2D eigenvalue weighted by Crippen LogP contribution is -2.15. The second-order valence-corrected chi connectivity index (χ2v) is 5.57. The van der Waals surface area contributed by atoms with Crippen LogP contribution in [0.4, 0.5) is 0 Å². The van der Waals surface area contributed by atoms with Crippen LogP contribution in [0.3, 0.4) is 0 Å². The predicted molar refractivity (Wildman–Crippen MR) is 84.8 cm³/mol. The minimum absolute atomic E-state index is 0.0500. The Morgan fingerprint density at radius 1 is 0.955 bits per heavy atom. The molecule has 0 saturated carbocycles. The molecule has 0 N–H and O–H groups in total. The fraction of sp³-hybridized carbons (Fsp3) is 0.316. The summed E-state index contributed by atoms with van der Waals surface area (Å²) in [7, 11) is 0. The van der Waals surface area contributed by atoms with E-state index in [9.17, 15) is 4.79 Å². The van der Waals surface area contributed by atoms with E-state index in [-0.39, 0.29) is 19.2 Å². The number of benzene rings is 2. The molecule has 0 heterocycles. The van der Waals surface area contributed by atoms with Crippen LogP contribution >= 0.6 is 0 Å². The Balaban J connectivity index is 1.48. The van der Waals surface area contributed by atoms with Crippen LogP contribution in [0, 0.1) is 0 Å². The molecular weight excluding hydrogens is 276 g/mol. The molecule has 0 aromatic heterocycles. The Morgan fingerprint density at radius 3 is 2.55 bits per heavy atom. The first kappa shape index (κ1) is 14.6. The average molecular weight is 296 g/mol. The van der Waals surface area contributed by atoms with Gasteiger partial charge in [-0.1, -0.05) is 36.4 Å². The van der Waals surface area contributed by atoms with Gasteiger partial charge in [0.1, 0.15) is 12.4 Å². The highest BCUT2D eigenvalue weighted by Gasteiger charge is 2.11. The molecule has 0 amide bonds. The van der Waals surface area contributed by atoms with Gasteiger partial charge in [-0.15, -0.1) is 0 Å². The molecular formula is C19H20O3. The fourth-order valence-electron chi connectivity index (χ4n) is 2.72. The van der Waals surface area contributed by atoms with Crippen molar-refractivity contribution in [3.05, 3.63) is 65.2 Å². The van der Waals surface area contributed by atoms with E-state index in [0.29, 0.717) is 0 Å². The number of carbonyl (C=O) groups is 1. The number of esters is 1. The molecule has 0 bridgehead atoms. The Kier molecular flexibility index (Phi) is 4.74. The second-order valence-electron chi connectivity index (χ2n) is 5.57. The normalized spacial score (nSPS) is 13.3. The van der Waals surface area contributed by atoms with Crippen molar-refractivity contribution in [2.45, 2.75) is 32.3 Å². The van der Waals surface area contributed by atoms with Gasteiger partial charge in [0.2, 0.25) is 0 Å². The van der Waals surface area contributed by atoms with Crippen molar-refractivity contribution < 1.29 is 14.3 Å². The molecule has 2 aromatic carbocycles. The Hall–Kier alpha value is -2.29. The van der Waals surface area contributed by atoms with E-state index in [2.05, 4.69) is 12.1 Å². The van der Waals surface area contributed by atoms with Crippen molar-refractivity contribution in [1.29, 1.82) is 0 Å². The lowest BCUT2D eigenvalue weighted by molar-refractivity contribution is -0.147. The minimum Gasteiger partial charge on any atom is -0.482 e. The highest BCUT2D eigenvalue weighted by Crippen LogP contribution is 2.25. The topological polar surface area (TPSA) is 35.5 Å². The van der Waals surface area contributed by atoms with E-state index in [1.165, 1.54) is 24.0 Å². The van der Waals surface area contributed by atoms with Crippen molar-refractivity contribution in [2.75, 3.05) is 6.61 Å². The molecule has 1 aliphatic carbocycles. The molecule has 0 aliphatic heterocycles. The van der Waals surface area contributed by atoms with Crippen LogP contribution in [-0.4, -0.2) is 12.6 Å². The standard InChI is InChI=1S/C19H20O3/c20-19(22-13-15-6-2-1-3-7-15)14-21-18-11-10-16-8-4-5-9-17(16)12-18/h1-3,6-7,10-12H,4-5,8-9,13-14H2.